The van der Waals surface area contributed by atoms with Gasteiger partial charge in [-0.05, 0) is 24.8 Å². The van der Waals surface area contributed by atoms with Gasteiger partial charge in [-0.1, -0.05) is 11.8 Å². The normalized spacial score (nSPS) is 21.8. The number of likely N-dealkylation sites (N-methyl/N-ethyl adjacent to an activating group) is 1. The summed E-state index contributed by atoms with van der Waals surface area (Å²) in [7, 11) is 1.83. The highest BCUT2D eigenvalue weighted by Gasteiger charge is 2.31. The summed E-state index contributed by atoms with van der Waals surface area (Å²) in [5.74, 6) is 5.75. The van der Waals surface area contributed by atoms with Crippen LogP contribution in [0.4, 0.5) is 0 Å². The summed E-state index contributed by atoms with van der Waals surface area (Å²) in [6.45, 7) is 3.02. The first-order valence-electron chi connectivity index (χ1n) is 6.30. The van der Waals surface area contributed by atoms with E-state index in [-0.39, 0.29) is 18.1 Å². The van der Waals surface area contributed by atoms with E-state index in [0.717, 1.165) is 12.0 Å². The van der Waals surface area contributed by atoms with Crippen LogP contribution >= 0.6 is 11.3 Å². The smallest absolute Gasteiger partial charge is 0.265 e. The van der Waals surface area contributed by atoms with Crippen molar-refractivity contribution in [2.45, 2.75) is 25.5 Å². The van der Waals surface area contributed by atoms with Crippen LogP contribution in [-0.4, -0.2) is 43.2 Å². The Balaban J connectivity index is 2.17. The second kappa shape index (κ2) is 6.20. The molecule has 0 aromatic carbocycles. The summed E-state index contributed by atoms with van der Waals surface area (Å²) >= 11 is 1.42. The van der Waals surface area contributed by atoms with Gasteiger partial charge in [0.05, 0.1) is 18.7 Å². The number of rotatable bonds is 2. The average molecular weight is 278 g/mol. The zero-order chi connectivity index (χ0) is 13.8. The molecule has 0 saturated carbocycles. The zero-order valence-corrected chi connectivity index (χ0v) is 12.0. The van der Waals surface area contributed by atoms with Gasteiger partial charge in [0.25, 0.3) is 5.91 Å². The van der Waals surface area contributed by atoms with Gasteiger partial charge in [0.15, 0.2) is 0 Å². The number of thiophene rings is 1. The van der Waals surface area contributed by atoms with Crippen LogP contribution in [0.25, 0.3) is 0 Å². The molecule has 1 aromatic heterocycles. The molecule has 2 heterocycles. The van der Waals surface area contributed by atoms with E-state index in [2.05, 4.69) is 11.8 Å². The minimum Gasteiger partial charge on any atom is -0.376 e. The number of amides is 1. The van der Waals surface area contributed by atoms with Crippen LogP contribution in [0.1, 0.15) is 28.6 Å². The first-order chi connectivity index (χ1) is 9.15. The minimum absolute atomic E-state index is 0.0127. The molecule has 0 spiro atoms. The molecule has 2 rings (SSSR count). The van der Waals surface area contributed by atoms with Gasteiger partial charge in [-0.2, -0.15) is 0 Å². The van der Waals surface area contributed by atoms with Crippen LogP contribution in [0.15, 0.2) is 11.4 Å². The van der Waals surface area contributed by atoms with Gasteiger partial charge in [0.2, 0.25) is 0 Å². The quantitative estimate of drug-likeness (QED) is 0.830. The van der Waals surface area contributed by atoms with E-state index in [1.165, 1.54) is 11.3 Å². The molecule has 1 aliphatic heterocycles. The summed E-state index contributed by atoms with van der Waals surface area (Å²) in [6, 6.07) is 2.01. The average Bonchev–Trinajstić information content (AvgIpc) is 3.03. The van der Waals surface area contributed by atoms with Crippen LogP contribution in [0.3, 0.4) is 0 Å². The van der Waals surface area contributed by atoms with Crippen molar-refractivity contribution in [3.63, 3.8) is 0 Å². The molecule has 2 unspecified atom stereocenters. The Morgan fingerprint density at radius 1 is 1.68 bits per heavy atom. The van der Waals surface area contributed by atoms with E-state index in [4.69, 9.17) is 10.5 Å². The van der Waals surface area contributed by atoms with Crippen molar-refractivity contribution >= 4 is 17.2 Å². The Morgan fingerprint density at radius 3 is 3.11 bits per heavy atom. The molecular formula is C14H18N2O2S. The van der Waals surface area contributed by atoms with E-state index in [1.807, 2.05) is 25.4 Å². The first kappa shape index (κ1) is 14.1. The lowest BCUT2D eigenvalue weighted by Crippen LogP contribution is -2.40. The topological polar surface area (TPSA) is 55.6 Å². The molecule has 2 N–H and O–H groups in total. The molecule has 1 aromatic rings. The molecule has 1 amide bonds. The van der Waals surface area contributed by atoms with E-state index in [9.17, 15) is 4.79 Å². The molecule has 19 heavy (non-hydrogen) atoms. The Bertz CT molecular complexity index is 515. The predicted octanol–water partition coefficient (Wildman–Crippen LogP) is 1.31. The van der Waals surface area contributed by atoms with Crippen molar-refractivity contribution in [1.82, 2.24) is 4.90 Å². The van der Waals surface area contributed by atoms with E-state index in [1.54, 1.807) is 4.90 Å². The number of hydrogen-bond acceptors (Lipinski definition) is 4. The van der Waals surface area contributed by atoms with Crippen molar-refractivity contribution in [3.8, 4) is 11.8 Å². The molecule has 0 aliphatic carbocycles. The van der Waals surface area contributed by atoms with Gasteiger partial charge in [0.1, 0.15) is 4.88 Å². The third kappa shape index (κ3) is 2.98. The molecule has 1 saturated heterocycles. The van der Waals surface area contributed by atoms with Crippen LogP contribution < -0.4 is 5.73 Å². The fraction of sp³-hybridized carbons (Fsp3) is 0.500. The number of carbonyl (C=O) groups is 1. The maximum Gasteiger partial charge on any atom is 0.265 e. The largest absolute Gasteiger partial charge is 0.376 e. The van der Waals surface area contributed by atoms with Crippen molar-refractivity contribution in [1.29, 1.82) is 0 Å². The summed E-state index contributed by atoms with van der Waals surface area (Å²) in [5, 5.41) is 1.89. The molecule has 4 nitrogen and oxygen atoms in total. The van der Waals surface area contributed by atoms with Crippen molar-refractivity contribution < 1.29 is 9.53 Å². The Labute approximate surface area is 117 Å². The second-order valence-electron chi connectivity index (χ2n) is 4.52. The lowest BCUT2D eigenvalue weighted by molar-refractivity contribution is 0.0578. The minimum atomic E-state index is 0.0127. The van der Waals surface area contributed by atoms with Crippen LogP contribution in [-0.2, 0) is 4.74 Å². The number of carbonyl (C=O) groups excluding carboxylic acids is 1. The molecule has 0 bridgehead atoms. The Morgan fingerprint density at radius 2 is 2.47 bits per heavy atom. The molecule has 1 fully saturated rings. The maximum absolute atomic E-state index is 12.5. The van der Waals surface area contributed by atoms with Crippen LogP contribution in [0.5, 0.6) is 0 Å². The molecule has 1 aliphatic rings. The third-order valence-electron chi connectivity index (χ3n) is 3.34. The monoisotopic (exact) mass is 278 g/mol. The van der Waals surface area contributed by atoms with Crippen LogP contribution in [0.2, 0.25) is 0 Å². The summed E-state index contributed by atoms with van der Waals surface area (Å²) in [5.41, 5.74) is 6.13. The van der Waals surface area contributed by atoms with Gasteiger partial charge in [-0.25, -0.2) is 0 Å². The lowest BCUT2D eigenvalue weighted by atomic mass is 10.1. The number of nitrogens with two attached hydrogens (primary N) is 1. The summed E-state index contributed by atoms with van der Waals surface area (Å²) in [6.07, 6.45) is 0.978. The lowest BCUT2D eigenvalue weighted by Gasteiger charge is -2.26. The molecule has 102 valence electrons. The highest BCUT2D eigenvalue weighted by Crippen LogP contribution is 2.23. The highest BCUT2D eigenvalue weighted by atomic mass is 32.1. The standard InChI is InChI=1S/C14H18N2O2S/c1-10-12(5-8-18-10)16(2)14(17)13-11(4-3-7-15)6-9-19-13/h6,9-10,12H,5,7-8,15H2,1-2H3. The summed E-state index contributed by atoms with van der Waals surface area (Å²) < 4.78 is 5.51. The first-order valence-corrected chi connectivity index (χ1v) is 7.18. The number of hydrogen-bond donors (Lipinski definition) is 1. The fourth-order valence-corrected chi connectivity index (χ4v) is 3.09. The van der Waals surface area contributed by atoms with Crippen molar-refractivity contribution in [2.75, 3.05) is 20.2 Å². The molecule has 2 atom stereocenters. The number of nitrogens with zero attached hydrogens (tertiary/aromatic N) is 1. The van der Waals surface area contributed by atoms with Crippen molar-refractivity contribution in [2.24, 2.45) is 5.73 Å². The molecule has 0 radical (unpaired) electrons. The molecular weight excluding hydrogens is 260 g/mol. The zero-order valence-electron chi connectivity index (χ0n) is 11.2. The van der Waals surface area contributed by atoms with Crippen LogP contribution in [0, 0.1) is 11.8 Å². The Hall–Kier alpha value is -1.35. The highest BCUT2D eigenvalue weighted by molar-refractivity contribution is 7.12. The fourth-order valence-electron chi connectivity index (χ4n) is 2.26. The van der Waals surface area contributed by atoms with Gasteiger partial charge in [0, 0.05) is 19.2 Å². The Kier molecular flexibility index (Phi) is 4.59. The van der Waals surface area contributed by atoms with E-state index >= 15 is 0 Å². The van der Waals surface area contributed by atoms with Gasteiger partial charge in [-0.3, -0.25) is 4.79 Å². The predicted molar refractivity (Wildman–Crippen MR) is 76.2 cm³/mol. The van der Waals surface area contributed by atoms with Crippen molar-refractivity contribution in [3.05, 3.63) is 21.9 Å². The van der Waals surface area contributed by atoms with Gasteiger partial charge in [-0.15, -0.1) is 11.3 Å². The molecule has 5 heteroatoms. The number of ether oxygens (including phenoxy) is 1. The van der Waals surface area contributed by atoms with Gasteiger partial charge >= 0.3 is 0 Å². The summed E-state index contributed by atoms with van der Waals surface area (Å²) in [4.78, 5) is 15.0. The van der Waals surface area contributed by atoms with E-state index in [0.29, 0.717) is 18.0 Å². The third-order valence-corrected chi connectivity index (χ3v) is 4.24. The van der Waals surface area contributed by atoms with E-state index < -0.39 is 0 Å². The second-order valence-corrected chi connectivity index (χ2v) is 5.43. The maximum atomic E-state index is 12.5. The van der Waals surface area contributed by atoms with Gasteiger partial charge < -0.3 is 15.4 Å². The SMILES string of the molecule is CC1OCCC1N(C)C(=O)c1sccc1C#CCN.